The fraction of sp³-hybridized carbons (Fsp3) is 0.700. The van der Waals surface area contributed by atoms with Crippen molar-refractivity contribution in [2.45, 2.75) is 19.4 Å². The van der Waals surface area contributed by atoms with Gasteiger partial charge in [0.25, 0.3) is 0 Å². The lowest BCUT2D eigenvalue weighted by Gasteiger charge is -2.30. The minimum Gasteiger partial charge on any atom is -0.407 e. The van der Waals surface area contributed by atoms with Crippen molar-refractivity contribution >= 4 is 11.9 Å². The van der Waals surface area contributed by atoms with Gasteiger partial charge in [0.05, 0.1) is 12.5 Å². The van der Waals surface area contributed by atoms with Gasteiger partial charge in [0.1, 0.15) is 0 Å². The number of piperidine rings is 1. The van der Waals surface area contributed by atoms with Crippen LogP contribution in [0.3, 0.4) is 0 Å². The van der Waals surface area contributed by atoms with E-state index in [-0.39, 0.29) is 18.4 Å². The zero-order chi connectivity index (χ0) is 12.3. The Morgan fingerprint density at radius 2 is 2.47 bits per heavy atom. The maximum atomic E-state index is 11.6. The van der Waals surface area contributed by atoms with E-state index in [0.717, 1.165) is 19.4 Å². The van der Waals surface area contributed by atoms with Gasteiger partial charge in [0.15, 0.2) is 0 Å². The molecular weight excluding hydrogens is 222 g/mol. The minimum atomic E-state index is -0.0121. The second kappa shape index (κ2) is 5.13. The Bertz CT molecular complexity index is 392. The maximum Gasteiger partial charge on any atom is 0.318 e. The van der Waals surface area contributed by atoms with E-state index in [0.29, 0.717) is 18.5 Å². The van der Waals surface area contributed by atoms with Crippen LogP contribution in [0.1, 0.15) is 18.7 Å². The Morgan fingerprint density at radius 3 is 3.12 bits per heavy atom. The number of carbonyl (C=O) groups excluding carboxylic acids is 1. The molecule has 0 saturated carbocycles. The summed E-state index contributed by atoms with van der Waals surface area (Å²) in [6, 6.07) is 0.457. The molecule has 1 aromatic rings. The molecule has 2 rings (SSSR count). The Labute approximate surface area is 99.4 Å². The first kappa shape index (κ1) is 11.8. The summed E-state index contributed by atoms with van der Waals surface area (Å²) >= 11 is 0. The standard InChI is InChI=1S/C10H17N5O2/c1-12-9(16)7-3-2-4-15(6-7)10-14-13-8(5-11)17-10/h7H,2-6,11H2,1H3,(H,12,16). The molecular formula is C10H17N5O2. The molecule has 0 aliphatic carbocycles. The van der Waals surface area contributed by atoms with Crippen LogP contribution in [0.2, 0.25) is 0 Å². The molecule has 0 bridgehead atoms. The summed E-state index contributed by atoms with van der Waals surface area (Å²) in [4.78, 5) is 13.5. The molecule has 7 nitrogen and oxygen atoms in total. The van der Waals surface area contributed by atoms with Crippen molar-refractivity contribution < 1.29 is 9.21 Å². The number of rotatable bonds is 3. The van der Waals surface area contributed by atoms with Crippen molar-refractivity contribution in [2.75, 3.05) is 25.0 Å². The van der Waals surface area contributed by atoms with Gasteiger partial charge >= 0.3 is 6.01 Å². The predicted octanol–water partition coefficient (Wildman–Crippen LogP) is -0.509. The van der Waals surface area contributed by atoms with Gasteiger partial charge in [-0.05, 0) is 12.8 Å². The van der Waals surface area contributed by atoms with E-state index in [2.05, 4.69) is 15.5 Å². The van der Waals surface area contributed by atoms with Crippen LogP contribution in [0.15, 0.2) is 4.42 Å². The highest BCUT2D eigenvalue weighted by Crippen LogP contribution is 2.22. The number of nitrogens with two attached hydrogens (primary N) is 1. The summed E-state index contributed by atoms with van der Waals surface area (Å²) in [6.45, 7) is 1.69. The van der Waals surface area contributed by atoms with E-state index in [9.17, 15) is 4.79 Å². The largest absolute Gasteiger partial charge is 0.407 e. The van der Waals surface area contributed by atoms with Crippen molar-refractivity contribution in [3.05, 3.63) is 5.89 Å². The van der Waals surface area contributed by atoms with Gasteiger partial charge in [-0.2, -0.15) is 0 Å². The molecule has 1 aliphatic rings. The lowest BCUT2D eigenvalue weighted by molar-refractivity contribution is -0.124. The average molecular weight is 239 g/mol. The number of anilines is 1. The third kappa shape index (κ3) is 2.55. The molecule has 1 saturated heterocycles. The lowest BCUT2D eigenvalue weighted by Crippen LogP contribution is -2.42. The zero-order valence-corrected chi connectivity index (χ0v) is 9.85. The van der Waals surface area contributed by atoms with E-state index in [1.807, 2.05) is 4.90 Å². The van der Waals surface area contributed by atoms with Gasteiger partial charge in [-0.25, -0.2) is 0 Å². The summed E-state index contributed by atoms with van der Waals surface area (Å²) in [6.07, 6.45) is 1.84. The van der Waals surface area contributed by atoms with Crippen LogP contribution in [0, 0.1) is 5.92 Å². The van der Waals surface area contributed by atoms with Crippen molar-refractivity contribution in [3.8, 4) is 0 Å². The van der Waals surface area contributed by atoms with Crippen molar-refractivity contribution in [3.63, 3.8) is 0 Å². The molecule has 3 N–H and O–H groups in total. The lowest BCUT2D eigenvalue weighted by atomic mass is 9.97. The number of nitrogens with zero attached hydrogens (tertiary/aromatic N) is 3. The Hall–Kier alpha value is -1.63. The summed E-state index contributed by atoms with van der Waals surface area (Å²) in [7, 11) is 1.65. The predicted molar refractivity (Wildman–Crippen MR) is 61.2 cm³/mol. The third-order valence-corrected chi connectivity index (χ3v) is 2.94. The van der Waals surface area contributed by atoms with E-state index >= 15 is 0 Å². The number of aromatic nitrogens is 2. The number of carbonyl (C=O) groups is 1. The Balaban J connectivity index is 2.04. The average Bonchev–Trinajstić information content (AvgIpc) is 2.86. The van der Waals surface area contributed by atoms with Gasteiger partial charge in [-0.3, -0.25) is 4.79 Å². The maximum absolute atomic E-state index is 11.6. The fourth-order valence-electron chi connectivity index (χ4n) is 2.02. The number of hydrogen-bond donors (Lipinski definition) is 2. The second-order valence-electron chi connectivity index (χ2n) is 4.08. The topological polar surface area (TPSA) is 97.3 Å². The van der Waals surface area contributed by atoms with Crippen molar-refractivity contribution in [1.29, 1.82) is 0 Å². The van der Waals surface area contributed by atoms with Crippen LogP contribution >= 0.6 is 0 Å². The monoisotopic (exact) mass is 239 g/mol. The van der Waals surface area contributed by atoms with Crippen LogP contribution in [-0.2, 0) is 11.3 Å². The SMILES string of the molecule is CNC(=O)C1CCCN(c2nnc(CN)o2)C1. The Morgan fingerprint density at radius 1 is 1.65 bits per heavy atom. The van der Waals surface area contributed by atoms with Crippen molar-refractivity contribution in [1.82, 2.24) is 15.5 Å². The van der Waals surface area contributed by atoms with Gasteiger partial charge in [0.2, 0.25) is 11.8 Å². The minimum absolute atomic E-state index is 0.0121. The molecule has 1 unspecified atom stereocenters. The molecule has 7 heteroatoms. The molecule has 2 heterocycles. The van der Waals surface area contributed by atoms with Gasteiger partial charge in [-0.1, -0.05) is 5.10 Å². The first-order valence-electron chi connectivity index (χ1n) is 5.73. The summed E-state index contributed by atoms with van der Waals surface area (Å²) in [5, 5.41) is 10.4. The molecule has 1 atom stereocenters. The molecule has 1 amide bonds. The number of amides is 1. The fourth-order valence-corrected chi connectivity index (χ4v) is 2.02. The first-order chi connectivity index (χ1) is 8.24. The molecule has 0 spiro atoms. The van der Waals surface area contributed by atoms with Crippen molar-refractivity contribution in [2.24, 2.45) is 11.7 Å². The van der Waals surface area contributed by atoms with E-state index < -0.39 is 0 Å². The van der Waals surface area contributed by atoms with Crippen LogP contribution in [0.25, 0.3) is 0 Å². The van der Waals surface area contributed by atoms with Crippen LogP contribution < -0.4 is 16.0 Å². The summed E-state index contributed by atoms with van der Waals surface area (Å²) < 4.78 is 5.38. The molecule has 1 fully saturated rings. The molecule has 1 aliphatic heterocycles. The second-order valence-corrected chi connectivity index (χ2v) is 4.08. The number of hydrogen-bond acceptors (Lipinski definition) is 6. The Kier molecular flexibility index (Phi) is 3.58. The van der Waals surface area contributed by atoms with Crippen LogP contribution in [-0.4, -0.2) is 36.2 Å². The van der Waals surface area contributed by atoms with Gasteiger partial charge in [-0.15, -0.1) is 5.10 Å². The molecule has 0 aromatic carbocycles. The van der Waals surface area contributed by atoms with Crippen LogP contribution in [0.5, 0.6) is 0 Å². The molecule has 0 radical (unpaired) electrons. The molecule has 17 heavy (non-hydrogen) atoms. The van der Waals surface area contributed by atoms with E-state index in [1.54, 1.807) is 7.05 Å². The summed E-state index contributed by atoms with van der Waals surface area (Å²) in [5.41, 5.74) is 5.41. The quantitative estimate of drug-likeness (QED) is 0.737. The molecule has 1 aromatic heterocycles. The smallest absolute Gasteiger partial charge is 0.318 e. The molecule has 94 valence electrons. The summed E-state index contributed by atoms with van der Waals surface area (Å²) in [5.74, 6) is 0.470. The van der Waals surface area contributed by atoms with Crippen LogP contribution in [0.4, 0.5) is 6.01 Å². The highest BCUT2D eigenvalue weighted by Gasteiger charge is 2.27. The van der Waals surface area contributed by atoms with Gasteiger partial charge in [0, 0.05) is 20.1 Å². The highest BCUT2D eigenvalue weighted by atomic mass is 16.4. The normalized spacial score (nSPS) is 20.4. The zero-order valence-electron chi connectivity index (χ0n) is 9.85. The van der Waals surface area contributed by atoms with E-state index in [4.69, 9.17) is 10.2 Å². The first-order valence-corrected chi connectivity index (χ1v) is 5.73. The van der Waals surface area contributed by atoms with Gasteiger partial charge < -0.3 is 20.4 Å². The van der Waals surface area contributed by atoms with E-state index in [1.165, 1.54) is 0 Å². The number of nitrogens with one attached hydrogen (secondary N) is 1. The third-order valence-electron chi connectivity index (χ3n) is 2.94. The highest BCUT2D eigenvalue weighted by molar-refractivity contribution is 5.79.